The van der Waals surface area contributed by atoms with Gasteiger partial charge >= 0.3 is 0 Å². The first-order valence-electron chi connectivity index (χ1n) is 11.8. The lowest BCUT2D eigenvalue weighted by Crippen LogP contribution is -2.47. The van der Waals surface area contributed by atoms with Crippen molar-refractivity contribution in [2.75, 3.05) is 51.2 Å². The maximum absolute atomic E-state index is 12.4. The number of amides is 2. The van der Waals surface area contributed by atoms with Gasteiger partial charge in [0.1, 0.15) is 5.75 Å². The zero-order valence-electron chi connectivity index (χ0n) is 19.3. The van der Waals surface area contributed by atoms with E-state index >= 15 is 0 Å². The van der Waals surface area contributed by atoms with Crippen LogP contribution in [0.2, 0.25) is 0 Å². The van der Waals surface area contributed by atoms with Gasteiger partial charge in [-0.3, -0.25) is 19.4 Å². The summed E-state index contributed by atoms with van der Waals surface area (Å²) in [5.74, 6) is 0.617. The van der Waals surface area contributed by atoms with Gasteiger partial charge in [-0.05, 0) is 57.8 Å². The zero-order valence-corrected chi connectivity index (χ0v) is 20.1. The molecule has 3 aliphatic rings. The summed E-state index contributed by atoms with van der Waals surface area (Å²) in [6.07, 6.45) is 6.06. The molecular formula is C24H37ClN4O3. The fraction of sp³-hybridized carbons (Fsp3) is 0.667. The lowest BCUT2D eigenvalue weighted by molar-refractivity contribution is -0.139. The Hall–Kier alpha value is -1.83. The molecular weight excluding hydrogens is 428 g/mol. The fourth-order valence-corrected chi connectivity index (χ4v) is 5.14. The van der Waals surface area contributed by atoms with E-state index in [4.69, 9.17) is 4.74 Å². The van der Waals surface area contributed by atoms with Crippen LogP contribution in [0, 0.1) is 5.92 Å². The van der Waals surface area contributed by atoms with Crippen LogP contribution in [-0.4, -0.2) is 80.1 Å². The summed E-state index contributed by atoms with van der Waals surface area (Å²) in [6, 6.07) is 8.05. The van der Waals surface area contributed by atoms with Crippen molar-refractivity contribution in [2.24, 2.45) is 5.92 Å². The van der Waals surface area contributed by atoms with Crippen molar-refractivity contribution < 1.29 is 14.3 Å². The number of carbonyl (C=O) groups excluding carboxylic acids is 2. The number of imide groups is 1. The molecule has 3 fully saturated rings. The SMILES string of the molecule is CNC1C(=O)N(CCCN2CCN(c3ccccc3OC3CCCC3)CC2)C(=O)C1C.Cl. The number of nitrogens with zero attached hydrogens (tertiary/aromatic N) is 3. The number of likely N-dealkylation sites (N-methyl/N-ethyl adjacent to an activating group) is 1. The van der Waals surface area contributed by atoms with Crippen molar-refractivity contribution >= 4 is 29.9 Å². The van der Waals surface area contributed by atoms with E-state index in [1.165, 1.54) is 23.4 Å². The van der Waals surface area contributed by atoms with Crippen LogP contribution in [0.5, 0.6) is 5.75 Å². The second kappa shape index (κ2) is 11.3. The molecule has 0 bridgehead atoms. The molecule has 1 aromatic rings. The first kappa shape index (κ1) is 24.8. The average molecular weight is 465 g/mol. The Morgan fingerprint density at radius 2 is 1.69 bits per heavy atom. The van der Waals surface area contributed by atoms with Crippen LogP contribution in [0.25, 0.3) is 0 Å². The highest BCUT2D eigenvalue weighted by molar-refractivity contribution is 6.06. The van der Waals surface area contributed by atoms with Crippen LogP contribution in [0.1, 0.15) is 39.0 Å². The quantitative estimate of drug-likeness (QED) is 0.596. The van der Waals surface area contributed by atoms with Crippen LogP contribution in [0.3, 0.4) is 0 Å². The number of benzene rings is 1. The Labute approximate surface area is 197 Å². The van der Waals surface area contributed by atoms with Gasteiger partial charge in [0.2, 0.25) is 11.8 Å². The molecule has 2 aliphatic heterocycles. The number of hydrogen-bond donors (Lipinski definition) is 1. The molecule has 2 unspecified atom stereocenters. The molecule has 2 atom stereocenters. The fourth-order valence-electron chi connectivity index (χ4n) is 5.14. The van der Waals surface area contributed by atoms with Gasteiger partial charge in [0.15, 0.2) is 0 Å². The second-order valence-electron chi connectivity index (χ2n) is 9.06. The van der Waals surface area contributed by atoms with Gasteiger partial charge in [0.25, 0.3) is 0 Å². The summed E-state index contributed by atoms with van der Waals surface area (Å²) in [6.45, 7) is 7.14. The molecule has 1 N–H and O–H groups in total. The molecule has 2 heterocycles. The lowest BCUT2D eigenvalue weighted by atomic mass is 10.1. The van der Waals surface area contributed by atoms with Crippen molar-refractivity contribution in [1.29, 1.82) is 0 Å². The van der Waals surface area contributed by atoms with Crippen molar-refractivity contribution in [2.45, 2.75) is 51.2 Å². The number of ether oxygens (including phenoxy) is 1. The summed E-state index contributed by atoms with van der Waals surface area (Å²) in [5, 5.41) is 2.97. The smallest absolute Gasteiger partial charge is 0.247 e. The molecule has 178 valence electrons. The molecule has 1 aliphatic carbocycles. The Morgan fingerprint density at radius 1 is 1.00 bits per heavy atom. The summed E-state index contributed by atoms with van der Waals surface area (Å²) in [4.78, 5) is 31.1. The number of hydrogen-bond acceptors (Lipinski definition) is 6. The predicted octanol–water partition coefficient (Wildman–Crippen LogP) is 2.53. The molecule has 1 aromatic carbocycles. The summed E-state index contributed by atoms with van der Waals surface area (Å²) < 4.78 is 6.33. The van der Waals surface area contributed by atoms with Crippen LogP contribution in [-0.2, 0) is 9.59 Å². The molecule has 2 saturated heterocycles. The maximum atomic E-state index is 12.4. The average Bonchev–Trinajstić information content (AvgIpc) is 3.37. The molecule has 0 aromatic heterocycles. The molecule has 8 heteroatoms. The number of carbonyl (C=O) groups is 2. The molecule has 32 heavy (non-hydrogen) atoms. The van der Waals surface area contributed by atoms with Crippen LogP contribution in [0.4, 0.5) is 5.69 Å². The molecule has 4 rings (SSSR count). The minimum Gasteiger partial charge on any atom is -0.488 e. The number of halogens is 1. The number of nitrogens with one attached hydrogen (secondary N) is 1. The Balaban J connectivity index is 0.00000289. The molecule has 7 nitrogen and oxygen atoms in total. The third-order valence-electron chi connectivity index (χ3n) is 7.03. The summed E-state index contributed by atoms with van der Waals surface area (Å²) in [5.41, 5.74) is 1.20. The lowest BCUT2D eigenvalue weighted by Gasteiger charge is -2.37. The van der Waals surface area contributed by atoms with E-state index in [1.807, 2.05) is 6.92 Å². The highest BCUT2D eigenvalue weighted by Crippen LogP contribution is 2.32. The minimum absolute atomic E-state index is 0. The Morgan fingerprint density at radius 3 is 2.34 bits per heavy atom. The molecule has 0 radical (unpaired) electrons. The Kier molecular flexibility index (Phi) is 8.79. The predicted molar refractivity (Wildman–Crippen MR) is 129 cm³/mol. The van der Waals surface area contributed by atoms with E-state index in [9.17, 15) is 9.59 Å². The third-order valence-corrected chi connectivity index (χ3v) is 7.03. The van der Waals surface area contributed by atoms with Crippen LogP contribution < -0.4 is 15.0 Å². The van der Waals surface area contributed by atoms with Gasteiger partial charge in [-0.2, -0.15) is 0 Å². The van der Waals surface area contributed by atoms with Crippen molar-refractivity contribution in [1.82, 2.24) is 15.1 Å². The van der Waals surface area contributed by atoms with Crippen molar-refractivity contribution in [3.05, 3.63) is 24.3 Å². The Bertz CT molecular complexity index is 778. The van der Waals surface area contributed by atoms with E-state index in [-0.39, 0.29) is 36.2 Å². The van der Waals surface area contributed by atoms with Gasteiger partial charge < -0.3 is 15.0 Å². The topological polar surface area (TPSA) is 65.1 Å². The van der Waals surface area contributed by atoms with Gasteiger partial charge in [-0.15, -0.1) is 12.4 Å². The number of para-hydroxylation sites is 2. The van der Waals surface area contributed by atoms with E-state index in [1.54, 1.807) is 7.05 Å². The van der Waals surface area contributed by atoms with Gasteiger partial charge in [0.05, 0.1) is 23.8 Å². The zero-order chi connectivity index (χ0) is 21.8. The second-order valence-corrected chi connectivity index (χ2v) is 9.06. The highest BCUT2D eigenvalue weighted by Gasteiger charge is 2.43. The summed E-state index contributed by atoms with van der Waals surface area (Å²) in [7, 11) is 1.74. The van der Waals surface area contributed by atoms with Gasteiger partial charge in [-0.25, -0.2) is 0 Å². The number of rotatable bonds is 8. The normalized spacial score (nSPS) is 24.8. The number of piperazine rings is 1. The largest absolute Gasteiger partial charge is 0.488 e. The molecule has 2 amide bonds. The van der Waals surface area contributed by atoms with E-state index in [0.717, 1.165) is 57.7 Å². The minimum atomic E-state index is -0.373. The van der Waals surface area contributed by atoms with E-state index in [0.29, 0.717) is 12.6 Å². The first-order valence-corrected chi connectivity index (χ1v) is 11.8. The molecule has 1 saturated carbocycles. The third kappa shape index (κ3) is 5.38. The van der Waals surface area contributed by atoms with Crippen molar-refractivity contribution in [3.8, 4) is 5.75 Å². The molecule has 0 spiro atoms. The van der Waals surface area contributed by atoms with Gasteiger partial charge in [-0.1, -0.05) is 19.1 Å². The number of likely N-dealkylation sites (tertiary alicyclic amines) is 1. The van der Waals surface area contributed by atoms with E-state index in [2.05, 4.69) is 39.4 Å². The van der Waals surface area contributed by atoms with E-state index < -0.39 is 0 Å². The highest BCUT2D eigenvalue weighted by atomic mass is 35.5. The van der Waals surface area contributed by atoms with Crippen LogP contribution in [0.15, 0.2) is 24.3 Å². The standard InChI is InChI=1S/C24H36N4O3.ClH/c1-18-22(25-2)24(30)28(23(18)29)13-7-12-26-14-16-27(17-15-26)20-10-5-6-11-21(20)31-19-8-3-4-9-19;/h5-6,10-11,18-19,22,25H,3-4,7-9,12-17H2,1-2H3;1H. The first-order chi connectivity index (χ1) is 15.1. The van der Waals surface area contributed by atoms with Gasteiger partial charge in [0, 0.05) is 32.7 Å². The summed E-state index contributed by atoms with van der Waals surface area (Å²) >= 11 is 0. The van der Waals surface area contributed by atoms with Crippen molar-refractivity contribution in [3.63, 3.8) is 0 Å². The maximum Gasteiger partial charge on any atom is 0.247 e. The van der Waals surface area contributed by atoms with Crippen LogP contribution >= 0.6 is 12.4 Å². The monoisotopic (exact) mass is 464 g/mol. The number of anilines is 1.